The molecular formula is C11H14N5+. The number of nitrogens with zero attached hydrogens (tertiary/aromatic N) is 3. The van der Waals surface area contributed by atoms with Crippen LogP contribution in [0.4, 0.5) is 17.3 Å². The minimum atomic E-state index is 0.720. The Hall–Kier alpha value is -2.17. The Morgan fingerprint density at radius 3 is 2.50 bits per heavy atom. The maximum atomic E-state index is 4.13. The van der Waals surface area contributed by atoms with Gasteiger partial charge in [0.1, 0.15) is 5.69 Å². The average molecular weight is 216 g/mol. The van der Waals surface area contributed by atoms with Crippen LogP contribution in [0.5, 0.6) is 0 Å². The number of aromatic amines is 1. The fourth-order valence-corrected chi connectivity index (χ4v) is 1.30. The fourth-order valence-electron chi connectivity index (χ4n) is 1.30. The van der Waals surface area contributed by atoms with Gasteiger partial charge in [-0.25, -0.2) is 9.55 Å². The van der Waals surface area contributed by atoms with E-state index >= 15 is 0 Å². The predicted octanol–water partition coefficient (Wildman–Crippen LogP) is 2.30. The second kappa shape index (κ2) is 4.57. The number of aryl methyl sites for hydroxylation is 1. The van der Waals surface area contributed by atoms with Gasteiger partial charge < -0.3 is 5.32 Å². The van der Waals surface area contributed by atoms with E-state index in [9.17, 15) is 0 Å². The number of imidazole rings is 1. The first-order valence-corrected chi connectivity index (χ1v) is 5.02. The molecule has 0 saturated heterocycles. The highest BCUT2D eigenvalue weighted by atomic mass is 15.2. The number of anilines is 1. The van der Waals surface area contributed by atoms with Crippen molar-refractivity contribution in [2.24, 2.45) is 17.3 Å². The number of azo groups is 1. The van der Waals surface area contributed by atoms with Gasteiger partial charge in [0, 0.05) is 17.8 Å². The van der Waals surface area contributed by atoms with E-state index in [4.69, 9.17) is 0 Å². The summed E-state index contributed by atoms with van der Waals surface area (Å²) >= 11 is 0. The molecule has 5 nitrogen and oxygen atoms in total. The molecule has 1 aromatic heterocycles. The summed E-state index contributed by atoms with van der Waals surface area (Å²) in [6, 6.07) is 7.75. The third-order valence-electron chi connectivity index (χ3n) is 2.26. The van der Waals surface area contributed by atoms with E-state index in [-0.39, 0.29) is 0 Å². The first-order valence-electron chi connectivity index (χ1n) is 5.02. The molecule has 0 spiro atoms. The molecule has 0 amide bonds. The highest BCUT2D eigenvalue weighted by molar-refractivity contribution is 5.50. The quantitative estimate of drug-likeness (QED) is 0.600. The summed E-state index contributed by atoms with van der Waals surface area (Å²) in [6.45, 7) is 0. The van der Waals surface area contributed by atoms with Gasteiger partial charge in [-0.3, -0.25) is 0 Å². The number of rotatable bonds is 3. The highest BCUT2D eigenvalue weighted by Crippen LogP contribution is 2.17. The van der Waals surface area contributed by atoms with E-state index in [0.717, 1.165) is 17.3 Å². The molecule has 1 heterocycles. The SMILES string of the molecule is CNc1ccc(N=Nc2[nH]cc[n+]2C)cc1. The zero-order valence-corrected chi connectivity index (χ0v) is 9.31. The van der Waals surface area contributed by atoms with Crippen molar-refractivity contribution in [1.82, 2.24) is 4.98 Å². The molecule has 0 radical (unpaired) electrons. The predicted molar refractivity (Wildman–Crippen MR) is 62.1 cm³/mol. The lowest BCUT2D eigenvalue weighted by molar-refractivity contribution is -0.657. The maximum absolute atomic E-state index is 4.13. The van der Waals surface area contributed by atoms with Gasteiger partial charge in [-0.2, -0.15) is 0 Å². The number of hydrogen-bond donors (Lipinski definition) is 2. The van der Waals surface area contributed by atoms with E-state index in [2.05, 4.69) is 20.5 Å². The molecule has 0 unspecified atom stereocenters. The Labute approximate surface area is 93.9 Å². The van der Waals surface area contributed by atoms with Crippen molar-refractivity contribution in [1.29, 1.82) is 0 Å². The zero-order valence-electron chi connectivity index (χ0n) is 9.31. The first kappa shape index (κ1) is 10.4. The van der Waals surface area contributed by atoms with E-state index < -0.39 is 0 Å². The minimum absolute atomic E-state index is 0.720. The molecule has 5 heteroatoms. The summed E-state index contributed by atoms with van der Waals surface area (Å²) in [7, 11) is 3.80. The molecule has 0 saturated carbocycles. The number of H-pyrrole nitrogens is 1. The van der Waals surface area contributed by atoms with Gasteiger partial charge in [0.2, 0.25) is 0 Å². The van der Waals surface area contributed by atoms with Crippen molar-refractivity contribution in [2.45, 2.75) is 0 Å². The molecule has 2 aromatic rings. The van der Waals surface area contributed by atoms with Gasteiger partial charge in [0.05, 0.1) is 19.4 Å². The smallest absolute Gasteiger partial charge is 0.388 e. The molecule has 0 atom stereocenters. The van der Waals surface area contributed by atoms with E-state index in [1.807, 2.05) is 55.3 Å². The van der Waals surface area contributed by atoms with Gasteiger partial charge in [-0.05, 0) is 24.3 Å². The van der Waals surface area contributed by atoms with Crippen molar-refractivity contribution >= 4 is 17.3 Å². The largest absolute Gasteiger partial charge is 0.418 e. The number of nitrogens with one attached hydrogen (secondary N) is 2. The van der Waals surface area contributed by atoms with Gasteiger partial charge in [0.25, 0.3) is 0 Å². The summed E-state index contributed by atoms with van der Waals surface area (Å²) in [4.78, 5) is 2.99. The van der Waals surface area contributed by atoms with Crippen molar-refractivity contribution in [3.8, 4) is 0 Å². The van der Waals surface area contributed by atoms with Crippen LogP contribution >= 0.6 is 0 Å². The van der Waals surface area contributed by atoms with Crippen molar-refractivity contribution < 1.29 is 4.57 Å². The van der Waals surface area contributed by atoms with Gasteiger partial charge in [-0.1, -0.05) is 5.11 Å². The zero-order chi connectivity index (χ0) is 11.4. The van der Waals surface area contributed by atoms with Crippen molar-refractivity contribution in [2.75, 3.05) is 12.4 Å². The Balaban J connectivity index is 2.14. The molecule has 0 aliphatic carbocycles. The molecule has 16 heavy (non-hydrogen) atoms. The molecule has 2 rings (SSSR count). The average Bonchev–Trinajstić information content (AvgIpc) is 2.73. The lowest BCUT2D eigenvalue weighted by atomic mass is 10.3. The Kier molecular flexibility index (Phi) is 2.95. The van der Waals surface area contributed by atoms with Crippen LogP contribution in [0.3, 0.4) is 0 Å². The van der Waals surface area contributed by atoms with Gasteiger partial charge in [-0.15, -0.1) is 0 Å². The van der Waals surface area contributed by atoms with E-state index in [1.54, 1.807) is 0 Å². The summed E-state index contributed by atoms with van der Waals surface area (Å²) in [5, 5.41) is 11.3. The molecule has 0 bridgehead atoms. The van der Waals surface area contributed by atoms with Crippen LogP contribution in [-0.4, -0.2) is 12.0 Å². The van der Waals surface area contributed by atoms with Crippen molar-refractivity contribution in [3.05, 3.63) is 36.7 Å². The van der Waals surface area contributed by atoms with Crippen LogP contribution in [0.2, 0.25) is 0 Å². The first-order chi connectivity index (χ1) is 7.79. The fraction of sp³-hybridized carbons (Fsp3) is 0.182. The summed E-state index contributed by atoms with van der Waals surface area (Å²) in [5.74, 6) is 0.720. The van der Waals surface area contributed by atoms with Gasteiger partial charge >= 0.3 is 5.95 Å². The second-order valence-electron chi connectivity index (χ2n) is 3.39. The number of aromatic nitrogens is 2. The standard InChI is InChI=1S/C11H13N5/c1-12-9-3-5-10(6-4-9)14-15-11-13-7-8-16(11)2/h3-8H,1-2H3,(H,12,13,15)/p+1. The number of benzene rings is 1. The molecule has 0 fully saturated rings. The van der Waals surface area contributed by atoms with Gasteiger partial charge in [0.15, 0.2) is 0 Å². The lowest BCUT2D eigenvalue weighted by Crippen LogP contribution is -2.24. The lowest BCUT2D eigenvalue weighted by Gasteiger charge is -1.97. The summed E-state index contributed by atoms with van der Waals surface area (Å²) in [5.41, 5.74) is 1.89. The van der Waals surface area contributed by atoms with Crippen LogP contribution < -0.4 is 9.88 Å². The minimum Gasteiger partial charge on any atom is -0.388 e. The van der Waals surface area contributed by atoms with Crippen LogP contribution in [0.15, 0.2) is 46.9 Å². The molecule has 0 aliphatic heterocycles. The maximum Gasteiger partial charge on any atom is 0.418 e. The monoisotopic (exact) mass is 216 g/mol. The topological polar surface area (TPSA) is 56.4 Å². The van der Waals surface area contributed by atoms with Crippen molar-refractivity contribution in [3.63, 3.8) is 0 Å². The Morgan fingerprint density at radius 1 is 1.19 bits per heavy atom. The summed E-state index contributed by atoms with van der Waals surface area (Å²) < 4.78 is 1.87. The molecule has 2 N–H and O–H groups in total. The van der Waals surface area contributed by atoms with E-state index in [1.165, 1.54) is 0 Å². The molecular weight excluding hydrogens is 202 g/mol. The van der Waals surface area contributed by atoms with Crippen LogP contribution in [0.25, 0.3) is 0 Å². The molecule has 82 valence electrons. The third-order valence-corrected chi connectivity index (χ3v) is 2.26. The second-order valence-corrected chi connectivity index (χ2v) is 3.39. The van der Waals surface area contributed by atoms with Crippen LogP contribution in [-0.2, 0) is 7.05 Å². The molecule has 0 aliphatic rings. The normalized spacial score (nSPS) is 10.9. The Morgan fingerprint density at radius 2 is 1.94 bits per heavy atom. The van der Waals surface area contributed by atoms with Crippen LogP contribution in [0, 0.1) is 0 Å². The molecule has 1 aromatic carbocycles. The number of hydrogen-bond acceptors (Lipinski definition) is 3. The summed E-state index contributed by atoms with van der Waals surface area (Å²) in [6.07, 6.45) is 3.71. The highest BCUT2D eigenvalue weighted by Gasteiger charge is 2.04. The van der Waals surface area contributed by atoms with Crippen LogP contribution in [0.1, 0.15) is 0 Å². The third kappa shape index (κ3) is 2.25. The Bertz CT molecular complexity index is 483. The van der Waals surface area contributed by atoms with E-state index in [0.29, 0.717) is 0 Å².